The van der Waals surface area contributed by atoms with Gasteiger partial charge in [-0.25, -0.2) is 0 Å². The second-order valence-electron chi connectivity index (χ2n) is 0. The molecule has 1 nitrogen and oxygen atoms in total. The molecule has 0 amide bonds. The molecule has 0 saturated heterocycles. The van der Waals surface area contributed by atoms with E-state index in [0.29, 0.717) is 0 Å². The molecule has 0 atom stereocenters. The third kappa shape index (κ3) is 27.6. The zero-order valence-corrected chi connectivity index (χ0v) is 13.6. The zero-order valence-electron chi connectivity index (χ0n) is 3.21. The van der Waals surface area contributed by atoms with Gasteiger partial charge in [-0.05, 0) is 7.05 Å². The summed E-state index contributed by atoms with van der Waals surface area (Å²) >= 11 is 0. The molecule has 0 aliphatic rings. The molecule has 2 N–H and O–H groups in total. The Hall–Kier alpha value is 3.07. The Morgan fingerprint density at radius 2 is 0.833 bits per heavy atom. The molecule has 0 aromatic rings. The van der Waals surface area contributed by atoms with E-state index in [1.165, 1.54) is 7.05 Å². The van der Waals surface area contributed by atoms with E-state index in [4.69, 9.17) is 0 Å². The van der Waals surface area contributed by atoms with E-state index < -0.39 is 0 Å². The number of hydrogen-bond donors (Lipinski definition) is 1. The Labute approximate surface area is 110 Å². The van der Waals surface area contributed by atoms with Gasteiger partial charge in [0.2, 0.25) is 0 Å². The summed E-state index contributed by atoms with van der Waals surface area (Å²) in [7, 11) is 1.50. The smallest absolute Gasteiger partial charge is 0 e. The molecule has 0 aromatic carbocycles. The molecule has 0 aromatic heterocycles. The maximum absolute atomic E-state index is 4.50. The fourth-order valence-corrected chi connectivity index (χ4v) is 0. The Balaban J connectivity index is -0.000000000833. The van der Waals surface area contributed by atoms with Crippen LogP contribution in [0.5, 0.6) is 0 Å². The summed E-state index contributed by atoms with van der Waals surface area (Å²) < 4.78 is 0. The summed E-state index contributed by atoms with van der Waals surface area (Å²) in [6.45, 7) is 0. The van der Waals surface area contributed by atoms with Crippen LogP contribution in [0.3, 0.4) is 0 Å². The molecule has 0 rings (SSSR count). The van der Waals surface area contributed by atoms with Gasteiger partial charge in [0, 0.05) is 27.3 Å². The van der Waals surface area contributed by atoms with Gasteiger partial charge < -0.3 is 77.7 Å². The molecule has 0 heterocycles. The van der Waals surface area contributed by atoms with Crippen LogP contribution in [0.25, 0.3) is 0 Å². The monoisotopic (exact) mass is 620 g/mol. The van der Waals surface area contributed by atoms with Gasteiger partial charge in [-0.15, -0.1) is 0 Å². The van der Waals surface area contributed by atoms with Crippen molar-refractivity contribution in [3.63, 3.8) is 0 Å². The van der Waals surface area contributed by atoms with E-state index in [2.05, 4.69) is 5.73 Å². The van der Waals surface area contributed by atoms with Crippen molar-refractivity contribution < 1.29 is 71.9 Å². The van der Waals surface area contributed by atoms with Crippen molar-refractivity contribution in [3.05, 3.63) is 0 Å². The Kier molecular flexibility index (Phi) is 254. The van der Waals surface area contributed by atoms with Gasteiger partial charge in [-0.3, -0.25) is 0 Å². The summed E-state index contributed by atoms with van der Waals surface area (Å²) in [4.78, 5) is 0. The minimum atomic E-state index is 0. The van der Waals surface area contributed by atoms with E-state index in [-0.39, 0.29) is 99.2 Å². The topological polar surface area (TPSA) is 26.0 Å². The Morgan fingerprint density at radius 1 is 0.833 bits per heavy atom. The third-order valence-corrected chi connectivity index (χ3v) is 0. The molecule has 5 heteroatoms. The van der Waals surface area contributed by atoms with Gasteiger partial charge in [0.25, 0.3) is 0 Å². The molecule has 0 aliphatic carbocycles. The standard InChI is InChI=1S/CH5N.3HI.Pb/c1-2;;;;/h2H2,1H3;3*1H;/p-3. The van der Waals surface area contributed by atoms with Crippen molar-refractivity contribution in [2.24, 2.45) is 5.73 Å². The average molecular weight is 619 g/mol. The minimum Gasteiger partial charge on any atom is -1.00 e. The first-order valence-corrected chi connectivity index (χ1v) is 0.577. The van der Waals surface area contributed by atoms with Gasteiger partial charge in [0.1, 0.15) is 0 Å². The van der Waals surface area contributed by atoms with E-state index in [1.807, 2.05) is 0 Å². The average Bonchev–Trinajstić information content (AvgIpc) is 1.00. The van der Waals surface area contributed by atoms with Crippen LogP contribution < -0.4 is 77.7 Å². The van der Waals surface area contributed by atoms with Gasteiger partial charge in [-0.1, -0.05) is 0 Å². The minimum absolute atomic E-state index is 0. The van der Waals surface area contributed by atoms with Crippen LogP contribution in [0.2, 0.25) is 0 Å². The molecule has 0 saturated carbocycles. The predicted molar refractivity (Wildman–Crippen MR) is 15.9 cm³/mol. The van der Waals surface area contributed by atoms with Gasteiger partial charge in [0.15, 0.2) is 0 Å². The normalized spacial score (nSPS) is 1.00. The van der Waals surface area contributed by atoms with Crippen LogP contribution in [0.4, 0.5) is 0 Å². The Bertz CT molecular complexity index is 10.8. The number of hydrogen-bond acceptors (Lipinski definition) is 1. The van der Waals surface area contributed by atoms with E-state index in [1.54, 1.807) is 0 Å². The number of nitrogens with two attached hydrogens (primary N) is 1. The van der Waals surface area contributed by atoms with Crippen LogP contribution in [-0.2, 0) is 0 Å². The van der Waals surface area contributed by atoms with Crippen molar-refractivity contribution in [2.45, 2.75) is 0 Å². The molecule has 0 aliphatic heterocycles. The third-order valence-electron chi connectivity index (χ3n) is 0. The zero-order chi connectivity index (χ0) is 2.00. The van der Waals surface area contributed by atoms with Crippen LogP contribution in [0, 0.1) is 0 Å². The summed E-state index contributed by atoms with van der Waals surface area (Å²) in [6.07, 6.45) is 0. The van der Waals surface area contributed by atoms with Crippen LogP contribution in [-0.4, -0.2) is 34.3 Å². The van der Waals surface area contributed by atoms with Gasteiger partial charge in [-0.2, -0.15) is 0 Å². The van der Waals surface area contributed by atoms with Crippen LogP contribution >= 0.6 is 0 Å². The van der Waals surface area contributed by atoms with Crippen molar-refractivity contribution in [3.8, 4) is 0 Å². The van der Waals surface area contributed by atoms with Gasteiger partial charge in [0.05, 0.1) is 0 Å². The molecule has 6 heavy (non-hydrogen) atoms. The fraction of sp³-hybridized carbons (Fsp3) is 1.00. The van der Waals surface area contributed by atoms with Crippen molar-refractivity contribution in [1.29, 1.82) is 0 Å². The predicted octanol–water partition coefficient (Wildman–Crippen LogP) is -9.79. The number of rotatable bonds is 0. The second kappa shape index (κ2) is 42.8. The summed E-state index contributed by atoms with van der Waals surface area (Å²) in [6, 6.07) is 0. The molecular formula is CH5I3NPb-3. The number of halogens is 3. The van der Waals surface area contributed by atoms with Crippen LogP contribution in [0.1, 0.15) is 0 Å². The van der Waals surface area contributed by atoms with E-state index in [0.717, 1.165) is 0 Å². The first kappa shape index (κ1) is 35.6. The first-order valence-electron chi connectivity index (χ1n) is 0.577. The van der Waals surface area contributed by atoms with E-state index in [9.17, 15) is 0 Å². The largest absolute Gasteiger partial charge is 1.00 e. The SMILES string of the molecule is CN.[I-].[I-].[I-].[Pb]. The maximum atomic E-state index is 4.50. The van der Waals surface area contributed by atoms with E-state index >= 15 is 0 Å². The molecule has 42 valence electrons. The molecule has 0 fully saturated rings. The van der Waals surface area contributed by atoms with Crippen molar-refractivity contribution in [2.75, 3.05) is 7.05 Å². The maximum Gasteiger partial charge on any atom is 0 e. The molecule has 0 unspecified atom stereocenters. The summed E-state index contributed by atoms with van der Waals surface area (Å²) in [5, 5.41) is 0. The van der Waals surface area contributed by atoms with Crippen molar-refractivity contribution in [1.82, 2.24) is 0 Å². The quantitative estimate of drug-likeness (QED) is 0.212. The Morgan fingerprint density at radius 3 is 0.833 bits per heavy atom. The molecular weight excluding hydrogens is 614 g/mol. The van der Waals surface area contributed by atoms with Crippen LogP contribution in [0.15, 0.2) is 0 Å². The van der Waals surface area contributed by atoms with Gasteiger partial charge >= 0.3 is 0 Å². The summed E-state index contributed by atoms with van der Waals surface area (Å²) in [5.74, 6) is 0. The van der Waals surface area contributed by atoms with Crippen molar-refractivity contribution >= 4 is 27.3 Å². The second-order valence-corrected chi connectivity index (χ2v) is 0. The summed E-state index contributed by atoms with van der Waals surface area (Å²) in [5.41, 5.74) is 4.50. The fourth-order valence-electron chi connectivity index (χ4n) is 0. The molecule has 0 spiro atoms. The molecule has 0 bridgehead atoms. The first-order chi connectivity index (χ1) is 1.00. The molecule has 4 radical (unpaired) electrons.